The lowest BCUT2D eigenvalue weighted by molar-refractivity contribution is 0.327. The Morgan fingerprint density at radius 1 is 1.15 bits per heavy atom. The third-order valence-electron chi connectivity index (χ3n) is 3.48. The van der Waals surface area contributed by atoms with Crippen molar-refractivity contribution < 1.29 is 4.52 Å². The van der Waals surface area contributed by atoms with E-state index in [1.807, 2.05) is 6.07 Å². The SMILES string of the molecule is Clc1ccc(-c2noc(C3CCCCCN3)n2)cc1Cl. The Morgan fingerprint density at radius 2 is 2.05 bits per heavy atom. The summed E-state index contributed by atoms with van der Waals surface area (Å²) in [5, 5.41) is 8.48. The molecule has 0 saturated carbocycles. The zero-order valence-corrected chi connectivity index (χ0v) is 12.4. The molecule has 1 aliphatic rings. The molecule has 1 unspecified atom stereocenters. The van der Waals surface area contributed by atoms with E-state index in [-0.39, 0.29) is 6.04 Å². The predicted octanol–water partition coefficient (Wildman–Crippen LogP) is 4.25. The summed E-state index contributed by atoms with van der Waals surface area (Å²) in [6.45, 7) is 0.995. The van der Waals surface area contributed by atoms with Crippen molar-refractivity contribution >= 4 is 23.2 Å². The second-order valence-corrected chi connectivity index (χ2v) is 5.76. The summed E-state index contributed by atoms with van der Waals surface area (Å²) in [5.41, 5.74) is 0.808. The maximum Gasteiger partial charge on any atom is 0.244 e. The van der Waals surface area contributed by atoms with Gasteiger partial charge in [-0.25, -0.2) is 0 Å². The van der Waals surface area contributed by atoms with Gasteiger partial charge in [-0.3, -0.25) is 0 Å². The number of nitrogens with zero attached hydrogens (tertiary/aromatic N) is 2. The molecule has 0 aliphatic carbocycles. The van der Waals surface area contributed by atoms with E-state index in [4.69, 9.17) is 27.7 Å². The smallest absolute Gasteiger partial charge is 0.244 e. The van der Waals surface area contributed by atoms with Gasteiger partial charge >= 0.3 is 0 Å². The van der Waals surface area contributed by atoms with E-state index in [9.17, 15) is 0 Å². The van der Waals surface area contributed by atoms with Crippen molar-refractivity contribution in [3.63, 3.8) is 0 Å². The van der Waals surface area contributed by atoms with Crippen LogP contribution in [0.15, 0.2) is 22.7 Å². The maximum absolute atomic E-state index is 6.01. The Balaban J connectivity index is 1.83. The van der Waals surface area contributed by atoms with Crippen LogP contribution in [0.1, 0.15) is 37.6 Å². The molecule has 0 bridgehead atoms. The summed E-state index contributed by atoms with van der Waals surface area (Å²) in [6.07, 6.45) is 4.66. The van der Waals surface area contributed by atoms with Gasteiger partial charge < -0.3 is 9.84 Å². The normalized spacial score (nSPS) is 19.8. The van der Waals surface area contributed by atoms with E-state index < -0.39 is 0 Å². The van der Waals surface area contributed by atoms with E-state index in [2.05, 4.69) is 15.5 Å². The molecule has 1 saturated heterocycles. The number of rotatable bonds is 2. The molecule has 2 heterocycles. The number of aromatic nitrogens is 2. The van der Waals surface area contributed by atoms with E-state index in [1.165, 1.54) is 19.3 Å². The van der Waals surface area contributed by atoms with Gasteiger partial charge in [0.25, 0.3) is 0 Å². The summed E-state index contributed by atoms with van der Waals surface area (Å²) in [4.78, 5) is 4.47. The molecule has 1 N–H and O–H groups in total. The largest absolute Gasteiger partial charge is 0.337 e. The molecule has 20 heavy (non-hydrogen) atoms. The summed E-state index contributed by atoms with van der Waals surface area (Å²) in [6, 6.07) is 5.48. The first-order chi connectivity index (χ1) is 9.74. The molecule has 6 heteroatoms. The molecule has 1 fully saturated rings. The van der Waals surface area contributed by atoms with Crippen LogP contribution in [-0.4, -0.2) is 16.7 Å². The fourth-order valence-corrected chi connectivity index (χ4v) is 2.67. The minimum Gasteiger partial charge on any atom is -0.337 e. The molecule has 1 atom stereocenters. The van der Waals surface area contributed by atoms with Crippen LogP contribution < -0.4 is 5.32 Å². The van der Waals surface area contributed by atoms with Crippen LogP contribution >= 0.6 is 23.2 Å². The molecule has 0 amide bonds. The van der Waals surface area contributed by atoms with Gasteiger partial charge in [0.15, 0.2) is 0 Å². The highest BCUT2D eigenvalue weighted by Crippen LogP contribution is 2.28. The highest BCUT2D eigenvalue weighted by Gasteiger charge is 2.20. The van der Waals surface area contributed by atoms with E-state index in [0.717, 1.165) is 18.5 Å². The molecular weight excluding hydrogens is 297 g/mol. The van der Waals surface area contributed by atoms with Crippen LogP contribution in [0.25, 0.3) is 11.4 Å². The van der Waals surface area contributed by atoms with Gasteiger partial charge in [0.1, 0.15) is 0 Å². The first-order valence-corrected chi connectivity index (χ1v) is 7.52. The summed E-state index contributed by atoms with van der Waals surface area (Å²) in [7, 11) is 0. The molecule has 1 aromatic carbocycles. The topological polar surface area (TPSA) is 51.0 Å². The molecule has 106 valence electrons. The zero-order chi connectivity index (χ0) is 13.9. The van der Waals surface area contributed by atoms with Crippen molar-refractivity contribution in [2.75, 3.05) is 6.54 Å². The number of hydrogen-bond donors (Lipinski definition) is 1. The summed E-state index contributed by atoms with van der Waals surface area (Å²) < 4.78 is 5.38. The molecule has 0 spiro atoms. The van der Waals surface area contributed by atoms with Crippen LogP contribution in [0.3, 0.4) is 0 Å². The van der Waals surface area contributed by atoms with Crippen molar-refractivity contribution in [1.82, 2.24) is 15.5 Å². The third kappa shape index (κ3) is 2.97. The van der Waals surface area contributed by atoms with Gasteiger partial charge in [0.05, 0.1) is 16.1 Å². The van der Waals surface area contributed by atoms with Gasteiger partial charge in [0, 0.05) is 5.56 Å². The van der Waals surface area contributed by atoms with Gasteiger partial charge in [-0.15, -0.1) is 0 Å². The second-order valence-electron chi connectivity index (χ2n) is 4.94. The van der Waals surface area contributed by atoms with Crippen LogP contribution in [0, 0.1) is 0 Å². The third-order valence-corrected chi connectivity index (χ3v) is 4.22. The molecule has 2 aromatic rings. The average Bonchev–Trinajstić information content (AvgIpc) is 2.78. The summed E-state index contributed by atoms with van der Waals surface area (Å²) in [5.74, 6) is 1.19. The number of halogens is 2. The number of hydrogen-bond acceptors (Lipinski definition) is 4. The first-order valence-electron chi connectivity index (χ1n) is 6.76. The zero-order valence-electron chi connectivity index (χ0n) is 10.9. The Labute approximate surface area is 127 Å². The van der Waals surface area contributed by atoms with Crippen LogP contribution in [0.4, 0.5) is 0 Å². The fraction of sp³-hybridized carbons (Fsp3) is 0.429. The van der Waals surface area contributed by atoms with Crippen molar-refractivity contribution in [3.05, 3.63) is 34.1 Å². The fourth-order valence-electron chi connectivity index (χ4n) is 2.37. The minimum absolute atomic E-state index is 0.154. The Bertz CT molecular complexity index is 592. The molecular formula is C14H15Cl2N3O. The van der Waals surface area contributed by atoms with Gasteiger partial charge in [-0.2, -0.15) is 4.98 Å². The molecule has 4 nitrogen and oxygen atoms in total. The Kier molecular flexibility index (Phi) is 4.24. The molecule has 1 aliphatic heterocycles. The van der Waals surface area contributed by atoms with E-state index >= 15 is 0 Å². The average molecular weight is 312 g/mol. The second kappa shape index (κ2) is 6.12. The number of benzene rings is 1. The highest BCUT2D eigenvalue weighted by molar-refractivity contribution is 6.42. The lowest BCUT2D eigenvalue weighted by Gasteiger charge is -2.09. The molecule has 3 rings (SSSR count). The monoisotopic (exact) mass is 311 g/mol. The molecule has 1 aromatic heterocycles. The van der Waals surface area contributed by atoms with Gasteiger partial charge in [-0.1, -0.05) is 41.2 Å². The van der Waals surface area contributed by atoms with Crippen LogP contribution in [0.2, 0.25) is 10.0 Å². The van der Waals surface area contributed by atoms with E-state index in [0.29, 0.717) is 21.8 Å². The Hall–Kier alpha value is -1.10. The lowest BCUT2D eigenvalue weighted by Crippen LogP contribution is -2.20. The Morgan fingerprint density at radius 3 is 2.90 bits per heavy atom. The maximum atomic E-state index is 6.01. The van der Waals surface area contributed by atoms with E-state index in [1.54, 1.807) is 12.1 Å². The summed E-state index contributed by atoms with van der Waals surface area (Å²) >= 11 is 11.9. The van der Waals surface area contributed by atoms with Crippen molar-refractivity contribution in [3.8, 4) is 11.4 Å². The van der Waals surface area contributed by atoms with Gasteiger partial charge in [0.2, 0.25) is 11.7 Å². The van der Waals surface area contributed by atoms with Crippen LogP contribution in [-0.2, 0) is 0 Å². The minimum atomic E-state index is 0.154. The highest BCUT2D eigenvalue weighted by atomic mass is 35.5. The van der Waals surface area contributed by atoms with Crippen molar-refractivity contribution in [2.24, 2.45) is 0 Å². The standard InChI is InChI=1S/C14H15Cl2N3O/c15-10-6-5-9(8-11(10)16)13-18-14(20-19-13)12-4-2-1-3-7-17-12/h5-6,8,12,17H,1-4,7H2. The quantitative estimate of drug-likeness (QED) is 0.901. The van der Waals surface area contributed by atoms with Crippen molar-refractivity contribution in [1.29, 1.82) is 0 Å². The molecule has 0 radical (unpaired) electrons. The predicted molar refractivity (Wildman–Crippen MR) is 79.0 cm³/mol. The van der Waals surface area contributed by atoms with Crippen molar-refractivity contribution in [2.45, 2.75) is 31.7 Å². The lowest BCUT2D eigenvalue weighted by atomic mass is 10.1. The number of nitrogens with one attached hydrogen (secondary N) is 1. The first kappa shape index (κ1) is 13.9. The van der Waals surface area contributed by atoms with Crippen LogP contribution in [0.5, 0.6) is 0 Å². The van der Waals surface area contributed by atoms with Gasteiger partial charge in [-0.05, 0) is 37.6 Å².